The number of nitrogens with one attached hydrogen (secondary N) is 1. The minimum atomic E-state index is 0.278. The Balaban J connectivity index is 1.64. The maximum Gasteiger partial charge on any atom is 0.0672 e. The van der Waals surface area contributed by atoms with Crippen molar-refractivity contribution in [1.29, 1.82) is 5.26 Å². The van der Waals surface area contributed by atoms with Gasteiger partial charge in [0, 0.05) is 6.04 Å². The third-order valence-electron chi connectivity index (χ3n) is 4.69. The van der Waals surface area contributed by atoms with Crippen molar-refractivity contribution < 1.29 is 0 Å². The fraction of sp³-hybridized carbons (Fsp3) is 0.933. The van der Waals surface area contributed by atoms with Gasteiger partial charge in [-0.3, -0.25) is 0 Å². The molecule has 2 rings (SSSR count). The molecule has 2 saturated carbocycles. The molecular formula is C15H26N2. The molecule has 0 aromatic heterocycles. The summed E-state index contributed by atoms with van der Waals surface area (Å²) in [4.78, 5) is 0. The maximum atomic E-state index is 9.03. The molecule has 2 heteroatoms. The van der Waals surface area contributed by atoms with Crippen LogP contribution in [0, 0.1) is 29.1 Å². The smallest absolute Gasteiger partial charge is 0.0672 e. The van der Waals surface area contributed by atoms with E-state index in [9.17, 15) is 0 Å². The van der Waals surface area contributed by atoms with Gasteiger partial charge in [-0.1, -0.05) is 32.6 Å². The van der Waals surface area contributed by atoms with Crippen LogP contribution in [-0.4, -0.2) is 12.6 Å². The first-order valence-electron chi connectivity index (χ1n) is 7.42. The number of hydrogen-bond donors (Lipinski definition) is 1. The Labute approximate surface area is 106 Å². The Morgan fingerprint density at radius 1 is 1.18 bits per heavy atom. The summed E-state index contributed by atoms with van der Waals surface area (Å²) in [5.74, 6) is 2.15. The first kappa shape index (κ1) is 12.9. The molecule has 0 spiro atoms. The lowest BCUT2D eigenvalue weighted by atomic mass is 9.81. The molecule has 2 nitrogen and oxygen atoms in total. The van der Waals surface area contributed by atoms with Crippen molar-refractivity contribution in [3.05, 3.63) is 0 Å². The van der Waals surface area contributed by atoms with Crippen molar-refractivity contribution in [3.63, 3.8) is 0 Å². The monoisotopic (exact) mass is 234 g/mol. The molecule has 96 valence electrons. The number of rotatable bonds is 4. The van der Waals surface area contributed by atoms with Gasteiger partial charge in [0.05, 0.1) is 12.0 Å². The van der Waals surface area contributed by atoms with Gasteiger partial charge in [0.25, 0.3) is 0 Å². The van der Waals surface area contributed by atoms with Crippen LogP contribution in [0.1, 0.15) is 58.3 Å². The summed E-state index contributed by atoms with van der Waals surface area (Å²) in [7, 11) is 0. The number of nitrogens with zero attached hydrogens (tertiary/aromatic N) is 1. The van der Waals surface area contributed by atoms with E-state index in [1.807, 2.05) is 0 Å². The molecule has 0 radical (unpaired) electrons. The normalized spacial score (nSPS) is 37.9. The predicted octanol–water partition coefficient (Wildman–Crippen LogP) is 3.48. The van der Waals surface area contributed by atoms with Crippen LogP contribution in [-0.2, 0) is 0 Å². The molecule has 1 N–H and O–H groups in total. The van der Waals surface area contributed by atoms with Crippen LogP contribution in [0.4, 0.5) is 0 Å². The van der Waals surface area contributed by atoms with Gasteiger partial charge in [-0.15, -0.1) is 0 Å². The van der Waals surface area contributed by atoms with Crippen molar-refractivity contribution >= 4 is 0 Å². The zero-order chi connectivity index (χ0) is 12.1. The SMILES string of the molecule is CC1CCCC(CCNC2CCCC2C#N)C1. The van der Waals surface area contributed by atoms with E-state index in [4.69, 9.17) is 5.26 Å². The highest BCUT2D eigenvalue weighted by Crippen LogP contribution is 2.30. The van der Waals surface area contributed by atoms with Gasteiger partial charge in [-0.25, -0.2) is 0 Å². The van der Waals surface area contributed by atoms with Crippen molar-refractivity contribution in [2.45, 2.75) is 64.3 Å². The molecule has 0 heterocycles. The van der Waals surface area contributed by atoms with Crippen LogP contribution < -0.4 is 5.32 Å². The first-order chi connectivity index (χ1) is 8.29. The average molecular weight is 234 g/mol. The Morgan fingerprint density at radius 3 is 2.76 bits per heavy atom. The van der Waals surface area contributed by atoms with Gasteiger partial charge in [0.2, 0.25) is 0 Å². The van der Waals surface area contributed by atoms with Crippen LogP contribution in [0.25, 0.3) is 0 Å². The van der Waals surface area contributed by atoms with E-state index in [1.54, 1.807) is 0 Å². The van der Waals surface area contributed by atoms with E-state index in [-0.39, 0.29) is 5.92 Å². The molecular weight excluding hydrogens is 208 g/mol. The second-order valence-corrected chi connectivity index (χ2v) is 6.15. The standard InChI is InChI=1S/C15H26N2/c1-12-4-2-5-13(10-12)8-9-17-15-7-3-6-14(15)11-16/h12-15,17H,2-10H2,1H3. The summed E-state index contributed by atoms with van der Waals surface area (Å²) in [6.07, 6.45) is 10.6. The Morgan fingerprint density at radius 2 is 2.00 bits per heavy atom. The molecule has 2 aliphatic carbocycles. The van der Waals surface area contributed by atoms with Gasteiger partial charge in [0.1, 0.15) is 0 Å². The van der Waals surface area contributed by atoms with Crippen LogP contribution in [0.3, 0.4) is 0 Å². The minimum absolute atomic E-state index is 0.278. The predicted molar refractivity (Wildman–Crippen MR) is 70.5 cm³/mol. The Bertz CT molecular complexity index is 269. The second-order valence-electron chi connectivity index (χ2n) is 6.15. The highest BCUT2D eigenvalue weighted by Gasteiger charge is 2.26. The van der Waals surface area contributed by atoms with Gasteiger partial charge in [-0.2, -0.15) is 5.26 Å². The second kappa shape index (κ2) is 6.40. The van der Waals surface area contributed by atoms with Crippen molar-refractivity contribution in [2.75, 3.05) is 6.54 Å². The summed E-state index contributed by atoms with van der Waals surface area (Å²) in [5, 5.41) is 12.7. The quantitative estimate of drug-likeness (QED) is 0.808. The van der Waals surface area contributed by atoms with Crippen molar-refractivity contribution in [3.8, 4) is 6.07 Å². The molecule has 2 aliphatic rings. The minimum Gasteiger partial charge on any atom is -0.313 e. The van der Waals surface area contributed by atoms with E-state index in [0.717, 1.165) is 24.8 Å². The third kappa shape index (κ3) is 3.71. The molecule has 0 aliphatic heterocycles. The van der Waals surface area contributed by atoms with Crippen LogP contribution >= 0.6 is 0 Å². The molecule has 2 fully saturated rings. The average Bonchev–Trinajstić information content (AvgIpc) is 2.77. The van der Waals surface area contributed by atoms with E-state index in [2.05, 4.69) is 18.3 Å². The molecule has 0 bridgehead atoms. The molecule has 0 amide bonds. The van der Waals surface area contributed by atoms with Crippen LogP contribution in [0.5, 0.6) is 0 Å². The fourth-order valence-electron chi connectivity index (χ4n) is 3.65. The Hall–Kier alpha value is -0.550. The van der Waals surface area contributed by atoms with Gasteiger partial charge < -0.3 is 5.32 Å². The molecule has 17 heavy (non-hydrogen) atoms. The molecule has 0 saturated heterocycles. The highest BCUT2D eigenvalue weighted by molar-refractivity contribution is 4.96. The summed E-state index contributed by atoms with van der Waals surface area (Å²) >= 11 is 0. The zero-order valence-corrected chi connectivity index (χ0v) is 11.1. The van der Waals surface area contributed by atoms with E-state index in [0.29, 0.717) is 6.04 Å². The first-order valence-corrected chi connectivity index (χ1v) is 7.42. The van der Waals surface area contributed by atoms with E-state index >= 15 is 0 Å². The van der Waals surface area contributed by atoms with Gasteiger partial charge >= 0.3 is 0 Å². The highest BCUT2D eigenvalue weighted by atomic mass is 14.9. The lowest BCUT2D eigenvalue weighted by Gasteiger charge is -2.27. The van der Waals surface area contributed by atoms with Crippen molar-refractivity contribution in [1.82, 2.24) is 5.32 Å². The third-order valence-corrected chi connectivity index (χ3v) is 4.69. The Kier molecular flexibility index (Phi) is 4.86. The number of nitriles is 1. The summed E-state index contributed by atoms with van der Waals surface area (Å²) < 4.78 is 0. The van der Waals surface area contributed by atoms with Crippen LogP contribution in [0.15, 0.2) is 0 Å². The molecule has 4 atom stereocenters. The molecule has 4 unspecified atom stereocenters. The van der Waals surface area contributed by atoms with E-state index in [1.165, 1.54) is 44.9 Å². The van der Waals surface area contributed by atoms with Crippen LogP contribution in [0.2, 0.25) is 0 Å². The number of hydrogen-bond acceptors (Lipinski definition) is 2. The van der Waals surface area contributed by atoms with Crippen molar-refractivity contribution in [2.24, 2.45) is 17.8 Å². The van der Waals surface area contributed by atoms with Gasteiger partial charge in [0.15, 0.2) is 0 Å². The fourth-order valence-corrected chi connectivity index (χ4v) is 3.65. The largest absolute Gasteiger partial charge is 0.313 e. The van der Waals surface area contributed by atoms with E-state index < -0.39 is 0 Å². The molecule has 0 aromatic carbocycles. The zero-order valence-electron chi connectivity index (χ0n) is 11.1. The molecule has 0 aromatic rings. The lowest BCUT2D eigenvalue weighted by molar-refractivity contribution is 0.263. The summed E-state index contributed by atoms with van der Waals surface area (Å²) in [6, 6.07) is 2.93. The van der Waals surface area contributed by atoms with Gasteiger partial charge in [-0.05, 0) is 44.1 Å². The lowest BCUT2D eigenvalue weighted by Crippen LogP contribution is -2.33. The summed E-state index contributed by atoms with van der Waals surface area (Å²) in [5.41, 5.74) is 0. The topological polar surface area (TPSA) is 35.8 Å². The summed E-state index contributed by atoms with van der Waals surface area (Å²) in [6.45, 7) is 3.52. The maximum absolute atomic E-state index is 9.03.